The Morgan fingerprint density at radius 2 is 2.00 bits per heavy atom. The van der Waals surface area contributed by atoms with Crippen molar-refractivity contribution in [2.75, 3.05) is 19.6 Å². The van der Waals surface area contributed by atoms with Crippen molar-refractivity contribution in [3.05, 3.63) is 0 Å². The van der Waals surface area contributed by atoms with E-state index in [2.05, 4.69) is 44.8 Å². The Balaban J connectivity index is 1.87. The largest absolute Gasteiger partial charge is 0.314 e. The fourth-order valence-corrected chi connectivity index (χ4v) is 4.31. The average molecular weight is 266 g/mol. The first-order valence-electron chi connectivity index (χ1n) is 8.35. The van der Waals surface area contributed by atoms with Gasteiger partial charge < -0.3 is 5.32 Å². The lowest BCUT2D eigenvalue weighted by atomic mass is 9.90. The molecule has 0 aromatic heterocycles. The number of likely N-dealkylation sites (tertiary alicyclic amines) is 1. The fourth-order valence-electron chi connectivity index (χ4n) is 4.31. The van der Waals surface area contributed by atoms with E-state index in [-0.39, 0.29) is 0 Å². The van der Waals surface area contributed by atoms with Gasteiger partial charge in [0.1, 0.15) is 0 Å². The molecule has 1 aliphatic carbocycles. The monoisotopic (exact) mass is 266 g/mol. The van der Waals surface area contributed by atoms with E-state index < -0.39 is 0 Å². The topological polar surface area (TPSA) is 15.3 Å². The third-order valence-corrected chi connectivity index (χ3v) is 5.13. The third kappa shape index (κ3) is 4.19. The van der Waals surface area contributed by atoms with Gasteiger partial charge in [0.15, 0.2) is 0 Å². The molecule has 0 aromatic carbocycles. The predicted octanol–water partition coefficient (Wildman–Crippen LogP) is 3.52. The molecule has 19 heavy (non-hydrogen) atoms. The average Bonchev–Trinajstić information content (AvgIpc) is 2.61. The zero-order valence-electron chi connectivity index (χ0n) is 13.7. The van der Waals surface area contributed by atoms with Crippen LogP contribution in [0.1, 0.15) is 60.3 Å². The van der Waals surface area contributed by atoms with Crippen molar-refractivity contribution in [3.8, 4) is 0 Å². The predicted molar refractivity (Wildman–Crippen MR) is 83.4 cm³/mol. The lowest BCUT2D eigenvalue weighted by Crippen LogP contribution is -2.46. The highest BCUT2D eigenvalue weighted by atomic mass is 15.2. The summed E-state index contributed by atoms with van der Waals surface area (Å²) in [6.07, 6.45) is 5.62. The minimum absolute atomic E-state index is 0.563. The first kappa shape index (κ1) is 15.3. The van der Waals surface area contributed by atoms with E-state index in [1.54, 1.807) is 0 Å². The summed E-state index contributed by atoms with van der Waals surface area (Å²) < 4.78 is 0. The highest BCUT2D eigenvalue weighted by Gasteiger charge is 2.40. The number of hydrogen-bond acceptors (Lipinski definition) is 2. The standard InChI is InChI=1S/C17H34N2/c1-13(2)18-11-15-7-6-8-19(12-15)16-10-17(4,5)9-14(16)3/h13-16,18H,6-12H2,1-5H3. The Morgan fingerprint density at radius 3 is 2.58 bits per heavy atom. The van der Waals surface area contributed by atoms with Crippen LogP contribution in [0.4, 0.5) is 0 Å². The van der Waals surface area contributed by atoms with Gasteiger partial charge in [0.05, 0.1) is 0 Å². The minimum atomic E-state index is 0.563. The highest BCUT2D eigenvalue weighted by Crippen LogP contribution is 2.43. The second-order valence-electron chi connectivity index (χ2n) is 8.18. The van der Waals surface area contributed by atoms with E-state index in [9.17, 15) is 0 Å². The molecule has 1 N–H and O–H groups in total. The molecule has 0 amide bonds. The van der Waals surface area contributed by atoms with Gasteiger partial charge in [-0.1, -0.05) is 34.6 Å². The molecular formula is C17H34N2. The lowest BCUT2D eigenvalue weighted by molar-refractivity contribution is 0.0994. The summed E-state index contributed by atoms with van der Waals surface area (Å²) in [4.78, 5) is 2.82. The maximum absolute atomic E-state index is 3.63. The van der Waals surface area contributed by atoms with Crippen molar-refractivity contribution in [1.82, 2.24) is 10.2 Å². The summed E-state index contributed by atoms with van der Waals surface area (Å²) >= 11 is 0. The molecule has 3 atom stereocenters. The molecular weight excluding hydrogens is 232 g/mol. The van der Waals surface area contributed by atoms with Crippen LogP contribution < -0.4 is 5.32 Å². The molecule has 3 unspecified atom stereocenters. The second-order valence-corrected chi connectivity index (χ2v) is 8.18. The van der Waals surface area contributed by atoms with Crippen LogP contribution in [0.25, 0.3) is 0 Å². The molecule has 2 nitrogen and oxygen atoms in total. The molecule has 2 rings (SSSR count). The quantitative estimate of drug-likeness (QED) is 0.837. The van der Waals surface area contributed by atoms with Gasteiger partial charge in [-0.3, -0.25) is 4.90 Å². The van der Waals surface area contributed by atoms with Gasteiger partial charge in [0.25, 0.3) is 0 Å². The summed E-state index contributed by atoms with van der Waals surface area (Å²) in [5.74, 6) is 1.75. The molecule has 0 aromatic rings. The van der Waals surface area contributed by atoms with E-state index in [0.717, 1.165) is 17.9 Å². The van der Waals surface area contributed by atoms with Gasteiger partial charge >= 0.3 is 0 Å². The zero-order valence-corrected chi connectivity index (χ0v) is 13.7. The SMILES string of the molecule is CC(C)NCC1CCCN(C2CC(C)(C)CC2C)C1. The molecule has 2 fully saturated rings. The summed E-state index contributed by atoms with van der Waals surface area (Å²) in [6, 6.07) is 1.47. The van der Waals surface area contributed by atoms with Gasteiger partial charge in [-0.05, 0) is 56.0 Å². The fraction of sp³-hybridized carbons (Fsp3) is 1.00. The van der Waals surface area contributed by atoms with Crippen LogP contribution >= 0.6 is 0 Å². The van der Waals surface area contributed by atoms with E-state index in [0.29, 0.717) is 11.5 Å². The Morgan fingerprint density at radius 1 is 1.26 bits per heavy atom. The van der Waals surface area contributed by atoms with Gasteiger partial charge in [-0.25, -0.2) is 0 Å². The number of hydrogen-bond donors (Lipinski definition) is 1. The van der Waals surface area contributed by atoms with Crippen molar-refractivity contribution in [3.63, 3.8) is 0 Å². The van der Waals surface area contributed by atoms with Crippen LogP contribution in [-0.2, 0) is 0 Å². The maximum atomic E-state index is 3.63. The Hall–Kier alpha value is -0.0800. The van der Waals surface area contributed by atoms with E-state index in [1.807, 2.05) is 0 Å². The summed E-state index contributed by atoms with van der Waals surface area (Å²) in [6.45, 7) is 15.7. The Kier molecular flexibility index (Phi) is 4.94. The molecule has 0 radical (unpaired) electrons. The minimum Gasteiger partial charge on any atom is -0.314 e. The molecule has 112 valence electrons. The zero-order chi connectivity index (χ0) is 14.0. The van der Waals surface area contributed by atoms with Crippen molar-refractivity contribution >= 4 is 0 Å². The first-order valence-corrected chi connectivity index (χ1v) is 8.35. The smallest absolute Gasteiger partial charge is 0.0126 e. The molecule has 1 saturated carbocycles. The Labute approximate surface area is 120 Å². The molecule has 1 saturated heterocycles. The van der Waals surface area contributed by atoms with E-state index in [1.165, 1.54) is 45.3 Å². The summed E-state index contributed by atoms with van der Waals surface area (Å²) in [5.41, 5.74) is 0.563. The van der Waals surface area contributed by atoms with Crippen LogP contribution in [0.2, 0.25) is 0 Å². The van der Waals surface area contributed by atoms with Crippen LogP contribution in [0.5, 0.6) is 0 Å². The number of piperidine rings is 1. The van der Waals surface area contributed by atoms with Crippen molar-refractivity contribution in [2.45, 2.75) is 72.4 Å². The second kappa shape index (κ2) is 6.13. The van der Waals surface area contributed by atoms with Crippen molar-refractivity contribution in [2.24, 2.45) is 17.3 Å². The van der Waals surface area contributed by atoms with Crippen molar-refractivity contribution in [1.29, 1.82) is 0 Å². The van der Waals surface area contributed by atoms with E-state index >= 15 is 0 Å². The van der Waals surface area contributed by atoms with Crippen LogP contribution in [-0.4, -0.2) is 36.6 Å². The third-order valence-electron chi connectivity index (χ3n) is 5.13. The number of rotatable bonds is 4. The first-order chi connectivity index (χ1) is 8.87. The summed E-state index contributed by atoms with van der Waals surface area (Å²) in [7, 11) is 0. The van der Waals surface area contributed by atoms with Crippen molar-refractivity contribution < 1.29 is 0 Å². The van der Waals surface area contributed by atoms with Gasteiger partial charge in [-0.2, -0.15) is 0 Å². The van der Waals surface area contributed by atoms with Gasteiger partial charge in [0.2, 0.25) is 0 Å². The van der Waals surface area contributed by atoms with Gasteiger partial charge in [0, 0.05) is 18.6 Å². The molecule has 2 aliphatic rings. The van der Waals surface area contributed by atoms with E-state index in [4.69, 9.17) is 0 Å². The molecule has 2 heteroatoms. The van der Waals surface area contributed by atoms with Crippen LogP contribution in [0, 0.1) is 17.3 Å². The summed E-state index contributed by atoms with van der Waals surface area (Å²) in [5, 5.41) is 3.63. The number of nitrogens with one attached hydrogen (secondary N) is 1. The van der Waals surface area contributed by atoms with Crippen LogP contribution in [0.15, 0.2) is 0 Å². The highest BCUT2D eigenvalue weighted by molar-refractivity contribution is 4.94. The van der Waals surface area contributed by atoms with Gasteiger partial charge in [-0.15, -0.1) is 0 Å². The number of nitrogens with zero attached hydrogens (tertiary/aromatic N) is 1. The van der Waals surface area contributed by atoms with Crippen LogP contribution in [0.3, 0.4) is 0 Å². The Bertz CT molecular complexity index is 285. The lowest BCUT2D eigenvalue weighted by Gasteiger charge is -2.39. The molecule has 0 bridgehead atoms. The molecule has 1 heterocycles. The normalized spacial score (nSPS) is 36.0. The molecule has 1 aliphatic heterocycles. The molecule has 0 spiro atoms. The maximum Gasteiger partial charge on any atom is 0.0126 e.